The van der Waals surface area contributed by atoms with Crippen molar-refractivity contribution in [3.63, 3.8) is 0 Å². The molecule has 3 heterocycles. The summed E-state index contributed by atoms with van der Waals surface area (Å²) >= 11 is 0. The molecular formula is C27H33FN4O2. The number of likely N-dealkylation sites (tertiary alicyclic amines) is 2. The topological polar surface area (TPSA) is 82.4 Å². The Bertz CT molecular complexity index is 1080. The fraction of sp³-hybridized carbons (Fsp3) is 0.481. The minimum atomic E-state index is -0.318. The molecule has 0 bridgehead atoms. The number of aromatic amines is 1. The normalized spacial score (nSPS) is 21.1. The van der Waals surface area contributed by atoms with Gasteiger partial charge in [-0.3, -0.25) is 9.59 Å². The first-order valence-corrected chi connectivity index (χ1v) is 12.5. The number of amides is 1. The number of Topliss-reactive ketones (excluding diaryl/α,β-unsaturated/α-hetero) is 1. The first-order chi connectivity index (χ1) is 16.5. The second-order valence-corrected chi connectivity index (χ2v) is 9.82. The van der Waals surface area contributed by atoms with E-state index in [0.717, 1.165) is 82.4 Å². The van der Waals surface area contributed by atoms with Gasteiger partial charge in [0, 0.05) is 41.9 Å². The fourth-order valence-corrected chi connectivity index (χ4v) is 5.71. The number of carbonyl (C=O) groups is 2. The molecule has 5 rings (SSSR count). The van der Waals surface area contributed by atoms with Crippen LogP contribution < -0.4 is 5.73 Å². The number of nitrogens with two attached hydrogens (primary N) is 1. The van der Waals surface area contributed by atoms with Crippen LogP contribution in [0.5, 0.6) is 0 Å². The average molecular weight is 465 g/mol. The van der Waals surface area contributed by atoms with Crippen molar-refractivity contribution < 1.29 is 14.0 Å². The molecule has 3 aliphatic rings. The van der Waals surface area contributed by atoms with Crippen LogP contribution in [0, 0.1) is 11.7 Å². The molecule has 0 spiro atoms. The predicted octanol–water partition coefficient (Wildman–Crippen LogP) is 4.29. The lowest BCUT2D eigenvalue weighted by Gasteiger charge is -2.33. The molecule has 1 unspecified atom stereocenters. The van der Waals surface area contributed by atoms with Gasteiger partial charge in [-0.15, -0.1) is 0 Å². The quantitative estimate of drug-likeness (QED) is 0.625. The molecule has 7 heteroatoms. The number of allylic oxidation sites excluding steroid dienone is 1. The highest BCUT2D eigenvalue weighted by atomic mass is 19.1. The number of H-pyrrole nitrogens is 1. The summed E-state index contributed by atoms with van der Waals surface area (Å²) in [5, 5.41) is 0. The van der Waals surface area contributed by atoms with Crippen LogP contribution in [0.4, 0.5) is 10.1 Å². The van der Waals surface area contributed by atoms with Crippen LogP contribution in [-0.4, -0.2) is 58.7 Å². The summed E-state index contributed by atoms with van der Waals surface area (Å²) in [7, 11) is 0. The highest BCUT2D eigenvalue weighted by molar-refractivity contribution is 6.00. The number of benzene rings is 1. The highest BCUT2D eigenvalue weighted by Crippen LogP contribution is 2.31. The zero-order chi connectivity index (χ0) is 23.7. The number of anilines is 1. The maximum atomic E-state index is 13.3. The van der Waals surface area contributed by atoms with E-state index < -0.39 is 0 Å². The molecule has 0 radical (unpaired) electrons. The van der Waals surface area contributed by atoms with Gasteiger partial charge in [-0.2, -0.15) is 0 Å². The molecule has 34 heavy (non-hydrogen) atoms. The smallest absolute Gasteiger partial charge is 0.272 e. The molecule has 1 aromatic carbocycles. The lowest BCUT2D eigenvalue weighted by atomic mass is 9.88. The zero-order valence-electron chi connectivity index (χ0n) is 19.6. The molecule has 6 nitrogen and oxygen atoms in total. The van der Waals surface area contributed by atoms with E-state index in [4.69, 9.17) is 5.73 Å². The number of fused-ring (bicyclic) bond motifs is 1. The van der Waals surface area contributed by atoms with Crippen molar-refractivity contribution in [2.24, 2.45) is 5.92 Å². The van der Waals surface area contributed by atoms with E-state index >= 15 is 0 Å². The minimum Gasteiger partial charge on any atom is -0.396 e. The zero-order valence-corrected chi connectivity index (χ0v) is 19.6. The number of carbonyl (C=O) groups excluding carboxylic acids is 2. The Morgan fingerprint density at radius 2 is 1.85 bits per heavy atom. The Labute approximate surface area is 200 Å². The lowest BCUT2D eigenvalue weighted by molar-refractivity contribution is 0.0700. The van der Waals surface area contributed by atoms with Crippen LogP contribution in [-0.2, 0) is 6.42 Å². The molecule has 2 fully saturated rings. The molecule has 2 aromatic rings. The van der Waals surface area contributed by atoms with Crippen molar-refractivity contribution in [2.45, 2.75) is 51.0 Å². The van der Waals surface area contributed by atoms with Crippen molar-refractivity contribution in [3.05, 3.63) is 58.7 Å². The summed E-state index contributed by atoms with van der Waals surface area (Å²) in [6, 6.07) is 6.09. The number of aromatic nitrogens is 1. The number of hydrogen-bond acceptors (Lipinski definition) is 4. The number of hydrogen-bond donors (Lipinski definition) is 2. The summed E-state index contributed by atoms with van der Waals surface area (Å²) in [5.74, 6) is -0.178. The summed E-state index contributed by atoms with van der Waals surface area (Å²) in [6.45, 7) is 3.45. The second kappa shape index (κ2) is 9.74. The van der Waals surface area contributed by atoms with Crippen LogP contribution in [0.3, 0.4) is 0 Å². The van der Waals surface area contributed by atoms with E-state index in [0.29, 0.717) is 16.9 Å². The van der Waals surface area contributed by atoms with Gasteiger partial charge in [0.2, 0.25) is 0 Å². The second-order valence-electron chi connectivity index (χ2n) is 9.82. The maximum Gasteiger partial charge on any atom is 0.272 e. The molecule has 0 saturated carbocycles. The van der Waals surface area contributed by atoms with Crippen molar-refractivity contribution in [1.29, 1.82) is 0 Å². The Kier molecular flexibility index (Phi) is 6.55. The average Bonchev–Trinajstić information content (AvgIpc) is 3.47. The molecule has 1 aromatic heterocycles. The van der Waals surface area contributed by atoms with Gasteiger partial charge in [0.25, 0.3) is 5.91 Å². The Hall–Kier alpha value is -2.93. The molecule has 1 aliphatic carbocycles. The van der Waals surface area contributed by atoms with E-state index in [2.05, 4.69) is 16.0 Å². The minimum absolute atomic E-state index is 0.00204. The number of ketones is 1. The third-order valence-electron chi connectivity index (χ3n) is 7.72. The number of halogens is 1. The summed E-state index contributed by atoms with van der Waals surface area (Å²) in [6.07, 6.45) is 10.6. The van der Waals surface area contributed by atoms with E-state index in [1.165, 1.54) is 12.1 Å². The molecule has 1 atom stereocenters. The van der Waals surface area contributed by atoms with Gasteiger partial charge < -0.3 is 20.5 Å². The lowest BCUT2D eigenvalue weighted by Crippen LogP contribution is -2.41. The summed E-state index contributed by atoms with van der Waals surface area (Å²) in [4.78, 5) is 33.8. The Morgan fingerprint density at radius 1 is 1.09 bits per heavy atom. The van der Waals surface area contributed by atoms with Crippen molar-refractivity contribution >= 4 is 23.5 Å². The standard InChI is InChI=1S/C27H33FN4O2/c28-20-9-7-18(8-10-20)26(33)19-11-15-31(16-12-19)17-13-21-4-3-14-32(21)27(34)25-24(29)22-5-1-2-6-23(22)30-25/h1,5,7-10,19,21,30H,2-4,6,11-17,29H2. The van der Waals surface area contributed by atoms with Gasteiger partial charge in [0.1, 0.15) is 11.5 Å². The Balaban J connectivity index is 1.14. The van der Waals surface area contributed by atoms with E-state index in [1.54, 1.807) is 12.1 Å². The van der Waals surface area contributed by atoms with E-state index in [1.807, 2.05) is 11.0 Å². The van der Waals surface area contributed by atoms with Crippen molar-refractivity contribution in [1.82, 2.24) is 14.8 Å². The van der Waals surface area contributed by atoms with Crippen LogP contribution in [0.15, 0.2) is 30.3 Å². The number of nitrogen functional groups attached to an aromatic ring is 1. The molecule has 2 aliphatic heterocycles. The summed E-state index contributed by atoms with van der Waals surface area (Å²) < 4.78 is 13.2. The third kappa shape index (κ3) is 4.53. The molecule has 3 N–H and O–H groups in total. The SMILES string of the molecule is Nc1c(C(=O)N2CCCC2CCN2CCC(C(=O)c3ccc(F)cc3)CC2)[nH]c2c1C=CCC2. The molecule has 1 amide bonds. The predicted molar refractivity (Wildman–Crippen MR) is 131 cm³/mol. The number of rotatable bonds is 6. The van der Waals surface area contributed by atoms with Gasteiger partial charge in [-0.05, 0) is 82.3 Å². The number of aryl methyl sites for hydroxylation is 1. The van der Waals surface area contributed by atoms with Gasteiger partial charge in [0.15, 0.2) is 5.78 Å². The molecular weight excluding hydrogens is 431 g/mol. The van der Waals surface area contributed by atoms with E-state index in [9.17, 15) is 14.0 Å². The van der Waals surface area contributed by atoms with Gasteiger partial charge >= 0.3 is 0 Å². The van der Waals surface area contributed by atoms with Crippen LogP contribution in [0.1, 0.15) is 70.6 Å². The highest BCUT2D eigenvalue weighted by Gasteiger charge is 2.33. The first kappa shape index (κ1) is 22.8. The van der Waals surface area contributed by atoms with Crippen LogP contribution >= 0.6 is 0 Å². The monoisotopic (exact) mass is 464 g/mol. The van der Waals surface area contributed by atoms with Crippen molar-refractivity contribution in [3.8, 4) is 0 Å². The van der Waals surface area contributed by atoms with Gasteiger partial charge in [-0.1, -0.05) is 12.2 Å². The maximum absolute atomic E-state index is 13.3. The van der Waals surface area contributed by atoms with Crippen LogP contribution in [0.25, 0.3) is 6.08 Å². The Morgan fingerprint density at radius 3 is 2.59 bits per heavy atom. The molecule has 2 saturated heterocycles. The van der Waals surface area contributed by atoms with Crippen LogP contribution in [0.2, 0.25) is 0 Å². The molecule has 180 valence electrons. The van der Waals surface area contributed by atoms with Gasteiger partial charge in [0.05, 0.1) is 5.69 Å². The van der Waals surface area contributed by atoms with E-state index in [-0.39, 0.29) is 29.5 Å². The third-order valence-corrected chi connectivity index (χ3v) is 7.72. The first-order valence-electron chi connectivity index (χ1n) is 12.5. The largest absolute Gasteiger partial charge is 0.396 e. The van der Waals surface area contributed by atoms with Gasteiger partial charge in [-0.25, -0.2) is 4.39 Å². The number of nitrogens with zero attached hydrogens (tertiary/aromatic N) is 2. The number of nitrogens with one attached hydrogen (secondary N) is 1. The summed E-state index contributed by atoms with van der Waals surface area (Å²) in [5.41, 5.74) is 10.1. The fourth-order valence-electron chi connectivity index (χ4n) is 5.71. The van der Waals surface area contributed by atoms with Crippen molar-refractivity contribution in [2.75, 3.05) is 31.9 Å². The number of piperidine rings is 1.